The van der Waals surface area contributed by atoms with Gasteiger partial charge >= 0.3 is 0 Å². The Hall–Kier alpha value is -1.11. The summed E-state index contributed by atoms with van der Waals surface area (Å²) in [6.07, 6.45) is 5.59. The maximum Gasteiger partial charge on any atom is 0.206 e. The van der Waals surface area contributed by atoms with Crippen molar-refractivity contribution in [2.24, 2.45) is 0 Å². The highest BCUT2D eigenvalue weighted by Gasteiger charge is 2.49. The molecule has 2 aliphatic carbocycles. The van der Waals surface area contributed by atoms with E-state index in [2.05, 4.69) is 43.8 Å². The lowest BCUT2D eigenvalue weighted by Gasteiger charge is -2.32. The summed E-state index contributed by atoms with van der Waals surface area (Å²) in [6.45, 7) is 0.968. The normalized spacial score (nSPS) is 24.7. The van der Waals surface area contributed by atoms with Gasteiger partial charge in [0.15, 0.2) is 11.5 Å². The molecule has 0 aromatic heterocycles. The van der Waals surface area contributed by atoms with Crippen LogP contribution in [-0.4, -0.2) is 36.5 Å². The third kappa shape index (κ3) is 2.09. The predicted octanol–water partition coefficient (Wildman–Crippen LogP) is 3.71. The number of nitrogens with zero attached hydrogens (tertiary/aromatic N) is 1. The topological polar surface area (TPSA) is 49.8 Å². The van der Waals surface area contributed by atoms with E-state index >= 15 is 0 Å². The molecule has 4 nitrogen and oxygen atoms in total. The SMILES string of the molecule is COc1cc2c3c(c1O)C1(C=C(Br)C(=O)C(Br)=C1)CC3N(C)CC2. The van der Waals surface area contributed by atoms with E-state index in [0.29, 0.717) is 14.7 Å². The Kier molecular flexibility index (Phi) is 3.71. The molecule has 1 unspecified atom stereocenters. The van der Waals surface area contributed by atoms with Crippen LogP contribution in [0.2, 0.25) is 0 Å². The van der Waals surface area contributed by atoms with Gasteiger partial charge in [-0.2, -0.15) is 0 Å². The first-order chi connectivity index (χ1) is 11.4. The van der Waals surface area contributed by atoms with Crippen molar-refractivity contribution in [2.75, 3.05) is 20.7 Å². The largest absolute Gasteiger partial charge is 0.504 e. The molecule has 4 rings (SSSR count). The molecule has 1 aliphatic heterocycles. The van der Waals surface area contributed by atoms with Crippen molar-refractivity contribution in [3.8, 4) is 11.5 Å². The summed E-state index contributed by atoms with van der Waals surface area (Å²) in [5.41, 5.74) is 2.77. The zero-order chi connectivity index (χ0) is 17.2. The molecule has 0 fully saturated rings. The highest BCUT2D eigenvalue weighted by Crippen LogP contribution is 2.59. The number of hydrogen-bond acceptors (Lipinski definition) is 4. The number of halogens is 2. The average molecular weight is 455 g/mol. The molecule has 0 amide bonds. The van der Waals surface area contributed by atoms with Crippen LogP contribution in [-0.2, 0) is 16.6 Å². The molecule has 1 atom stereocenters. The molecule has 24 heavy (non-hydrogen) atoms. The van der Waals surface area contributed by atoms with Crippen LogP contribution in [0, 0.1) is 0 Å². The van der Waals surface area contributed by atoms with E-state index in [9.17, 15) is 9.90 Å². The second-order valence-corrected chi connectivity index (χ2v) is 8.39. The van der Waals surface area contributed by atoms with E-state index < -0.39 is 5.41 Å². The first kappa shape index (κ1) is 16.4. The number of rotatable bonds is 1. The molecule has 0 bridgehead atoms. The van der Waals surface area contributed by atoms with Gasteiger partial charge in [-0.05, 0) is 68.9 Å². The fourth-order valence-corrected chi connectivity index (χ4v) is 5.79. The van der Waals surface area contributed by atoms with Crippen LogP contribution in [0.25, 0.3) is 0 Å². The number of ether oxygens (including phenoxy) is 1. The summed E-state index contributed by atoms with van der Waals surface area (Å²) in [5.74, 6) is 0.604. The van der Waals surface area contributed by atoms with Crippen molar-refractivity contribution in [3.05, 3.63) is 43.9 Å². The Balaban J connectivity index is 2.04. The van der Waals surface area contributed by atoms with Crippen molar-refractivity contribution in [2.45, 2.75) is 24.3 Å². The summed E-state index contributed by atoms with van der Waals surface area (Å²) in [4.78, 5) is 14.5. The maximum atomic E-state index is 12.2. The lowest BCUT2D eigenvalue weighted by Crippen LogP contribution is -2.31. The van der Waals surface area contributed by atoms with Crippen molar-refractivity contribution in [1.82, 2.24) is 4.90 Å². The quantitative estimate of drug-likeness (QED) is 0.702. The van der Waals surface area contributed by atoms with Gasteiger partial charge in [0.05, 0.1) is 16.1 Å². The standard InChI is InChI=1S/C18H17Br2NO3/c1-21-4-3-9-5-13(24-2)17(23)15-14(9)12(21)8-18(15)6-10(19)16(22)11(20)7-18/h5-7,12,23H,3-4,8H2,1-2H3. The maximum absolute atomic E-state index is 12.2. The number of fused-ring (bicyclic) bond motifs is 1. The van der Waals surface area contributed by atoms with Crippen LogP contribution in [0.5, 0.6) is 11.5 Å². The lowest BCUT2D eigenvalue weighted by molar-refractivity contribution is -0.111. The van der Waals surface area contributed by atoms with Gasteiger partial charge < -0.3 is 9.84 Å². The number of likely N-dealkylation sites (N-methyl/N-ethyl adjacent to an activating group) is 1. The summed E-state index contributed by atoms with van der Waals surface area (Å²) >= 11 is 6.79. The highest BCUT2D eigenvalue weighted by atomic mass is 79.9. The van der Waals surface area contributed by atoms with E-state index in [1.807, 2.05) is 18.2 Å². The van der Waals surface area contributed by atoms with Gasteiger partial charge in [0.1, 0.15) is 0 Å². The van der Waals surface area contributed by atoms with Crippen LogP contribution in [0.15, 0.2) is 27.2 Å². The smallest absolute Gasteiger partial charge is 0.206 e. The molecule has 0 saturated carbocycles. The number of methoxy groups -OCH3 is 1. The molecule has 3 aliphatic rings. The number of Topliss-reactive ketones (excluding diaryl/α,β-unsaturated/α-hetero) is 1. The molecule has 1 aromatic carbocycles. The Bertz CT molecular complexity index is 806. The number of aromatic hydroxyl groups is 1. The Morgan fingerprint density at radius 1 is 1.33 bits per heavy atom. The number of allylic oxidation sites excluding steroid dienone is 4. The number of hydrogen-bond donors (Lipinski definition) is 1. The zero-order valence-corrected chi connectivity index (χ0v) is 16.6. The molecule has 0 radical (unpaired) electrons. The van der Waals surface area contributed by atoms with Gasteiger partial charge in [-0.15, -0.1) is 0 Å². The third-order valence-electron chi connectivity index (χ3n) is 5.41. The van der Waals surface area contributed by atoms with Gasteiger partial charge in [-0.1, -0.05) is 12.2 Å². The molecule has 6 heteroatoms. The summed E-state index contributed by atoms with van der Waals surface area (Å²) in [6, 6.07) is 2.18. The fraction of sp³-hybridized carbons (Fsp3) is 0.389. The number of benzene rings is 1. The average Bonchev–Trinajstić information content (AvgIpc) is 2.87. The van der Waals surface area contributed by atoms with Crippen molar-refractivity contribution in [3.63, 3.8) is 0 Å². The monoisotopic (exact) mass is 453 g/mol. The predicted molar refractivity (Wildman–Crippen MR) is 99.1 cm³/mol. The summed E-state index contributed by atoms with van der Waals surface area (Å²) in [5, 5.41) is 10.9. The lowest BCUT2D eigenvalue weighted by atomic mass is 9.77. The van der Waals surface area contributed by atoms with Crippen LogP contribution in [0.3, 0.4) is 0 Å². The fourth-order valence-electron chi connectivity index (χ4n) is 4.28. The van der Waals surface area contributed by atoms with Crippen LogP contribution in [0.1, 0.15) is 29.2 Å². The minimum Gasteiger partial charge on any atom is -0.504 e. The minimum absolute atomic E-state index is 0.0727. The Morgan fingerprint density at radius 3 is 2.62 bits per heavy atom. The van der Waals surface area contributed by atoms with Gasteiger partial charge in [-0.25, -0.2) is 0 Å². The Labute approximate surface area is 157 Å². The summed E-state index contributed by atoms with van der Waals surface area (Å²) in [7, 11) is 3.69. The number of carbonyl (C=O) groups excluding carboxylic acids is 1. The van der Waals surface area contributed by atoms with E-state index in [-0.39, 0.29) is 17.6 Å². The van der Waals surface area contributed by atoms with Gasteiger partial charge in [0.25, 0.3) is 0 Å². The van der Waals surface area contributed by atoms with E-state index in [1.165, 1.54) is 11.1 Å². The Morgan fingerprint density at radius 2 is 2.00 bits per heavy atom. The van der Waals surface area contributed by atoms with Gasteiger partial charge in [-0.3, -0.25) is 9.69 Å². The number of phenols is 1. The molecule has 1 aromatic rings. The minimum atomic E-state index is -0.516. The molecule has 1 heterocycles. The summed E-state index contributed by atoms with van der Waals surface area (Å²) < 4.78 is 6.46. The van der Waals surface area contributed by atoms with Gasteiger partial charge in [0.2, 0.25) is 5.78 Å². The number of ketones is 1. The van der Waals surface area contributed by atoms with Crippen LogP contribution in [0.4, 0.5) is 0 Å². The van der Waals surface area contributed by atoms with E-state index in [1.54, 1.807) is 7.11 Å². The molecule has 1 spiro atoms. The van der Waals surface area contributed by atoms with Crippen LogP contribution >= 0.6 is 31.9 Å². The molecular weight excluding hydrogens is 438 g/mol. The first-order valence-electron chi connectivity index (χ1n) is 7.83. The van der Waals surface area contributed by atoms with Crippen molar-refractivity contribution in [1.29, 1.82) is 0 Å². The van der Waals surface area contributed by atoms with Gasteiger partial charge in [0, 0.05) is 23.6 Å². The van der Waals surface area contributed by atoms with Crippen LogP contribution < -0.4 is 4.74 Å². The van der Waals surface area contributed by atoms with E-state index in [4.69, 9.17) is 4.74 Å². The second-order valence-electron chi connectivity index (χ2n) is 6.68. The second kappa shape index (κ2) is 5.44. The molecule has 0 saturated heterocycles. The van der Waals surface area contributed by atoms with Crippen molar-refractivity contribution < 1.29 is 14.6 Å². The van der Waals surface area contributed by atoms with E-state index in [0.717, 1.165) is 24.9 Å². The third-order valence-corrected chi connectivity index (χ3v) is 6.59. The number of carbonyl (C=O) groups is 1. The molecule has 126 valence electrons. The highest BCUT2D eigenvalue weighted by molar-refractivity contribution is 9.13. The number of phenolic OH excluding ortho intramolecular Hbond substituents is 1. The molecular formula is C18H17Br2NO3. The zero-order valence-electron chi connectivity index (χ0n) is 13.4. The first-order valence-corrected chi connectivity index (χ1v) is 9.41. The molecule has 1 N–H and O–H groups in total. The van der Waals surface area contributed by atoms with Crippen molar-refractivity contribution >= 4 is 37.6 Å².